The largest absolute Gasteiger partial charge is 0.481 e. The number of methoxy groups -OCH3 is 1. The van der Waals surface area contributed by atoms with Crippen molar-refractivity contribution in [1.82, 2.24) is 24.4 Å². The molecule has 4 aromatic heterocycles. The van der Waals surface area contributed by atoms with Gasteiger partial charge in [-0.2, -0.15) is 13.2 Å². The first-order chi connectivity index (χ1) is 17.1. The molecule has 4 heterocycles. The van der Waals surface area contributed by atoms with Crippen molar-refractivity contribution in [1.29, 1.82) is 0 Å². The second-order valence-electron chi connectivity index (χ2n) is 8.07. The van der Waals surface area contributed by atoms with Gasteiger partial charge in [-0.3, -0.25) is 0 Å². The third-order valence-corrected chi connectivity index (χ3v) is 5.85. The number of pyridine rings is 2. The van der Waals surface area contributed by atoms with Crippen LogP contribution in [0.5, 0.6) is 5.88 Å². The maximum absolute atomic E-state index is 13.4. The summed E-state index contributed by atoms with van der Waals surface area (Å²) in [6.45, 7) is 3.23. The quantitative estimate of drug-likeness (QED) is 0.363. The summed E-state index contributed by atoms with van der Waals surface area (Å²) in [4.78, 5) is 16.9. The van der Waals surface area contributed by atoms with Gasteiger partial charge in [-0.25, -0.2) is 14.5 Å². The molecule has 0 bridgehead atoms. The van der Waals surface area contributed by atoms with Crippen molar-refractivity contribution in [2.24, 2.45) is 0 Å². The number of fused-ring (bicyclic) bond motifs is 1. The van der Waals surface area contributed by atoms with Gasteiger partial charge >= 0.3 is 12.1 Å². The fourth-order valence-corrected chi connectivity index (χ4v) is 3.91. The molecule has 0 saturated carbocycles. The molecule has 0 amide bonds. The third kappa shape index (κ3) is 4.51. The van der Waals surface area contributed by atoms with Crippen molar-refractivity contribution in [2.45, 2.75) is 38.6 Å². The second kappa shape index (κ2) is 9.61. The molecule has 0 aromatic carbocycles. The average molecular weight is 503 g/mol. The maximum atomic E-state index is 13.4. The van der Waals surface area contributed by atoms with E-state index in [4.69, 9.17) is 9.47 Å². The van der Waals surface area contributed by atoms with Gasteiger partial charge in [0.1, 0.15) is 5.69 Å². The molecule has 1 unspecified atom stereocenters. The van der Waals surface area contributed by atoms with E-state index in [1.807, 2.05) is 0 Å². The van der Waals surface area contributed by atoms with Crippen LogP contribution in [0.2, 0.25) is 0 Å². The summed E-state index contributed by atoms with van der Waals surface area (Å²) in [5.74, 6) is -0.0737. The first-order valence-corrected chi connectivity index (χ1v) is 11.1. The SMILES string of the molecule is CCOC(=O)c1cn2cc(Cn3cc(C(O)(CC)C(F)(F)F)nn3)ccc2c1-c1ccc(OC)nc1. The summed E-state index contributed by atoms with van der Waals surface area (Å²) < 4.78 is 53.4. The fourth-order valence-electron chi connectivity index (χ4n) is 3.91. The van der Waals surface area contributed by atoms with E-state index in [0.29, 0.717) is 33.7 Å². The normalized spacial score (nSPS) is 13.5. The van der Waals surface area contributed by atoms with Crippen LogP contribution in [0.3, 0.4) is 0 Å². The Morgan fingerprint density at radius 1 is 1.11 bits per heavy atom. The Hall–Kier alpha value is -3.93. The van der Waals surface area contributed by atoms with Crippen LogP contribution in [0.25, 0.3) is 16.6 Å². The molecular formula is C24H24F3N5O4. The van der Waals surface area contributed by atoms with Crippen LogP contribution in [0.4, 0.5) is 13.2 Å². The van der Waals surface area contributed by atoms with Crippen LogP contribution in [0.1, 0.15) is 41.9 Å². The Labute approximate surface area is 204 Å². The van der Waals surface area contributed by atoms with Gasteiger partial charge in [-0.1, -0.05) is 18.2 Å². The van der Waals surface area contributed by atoms with Crippen LogP contribution >= 0.6 is 0 Å². The van der Waals surface area contributed by atoms with Gasteiger partial charge in [-0.15, -0.1) is 5.10 Å². The first-order valence-electron chi connectivity index (χ1n) is 11.1. The molecule has 190 valence electrons. The zero-order valence-electron chi connectivity index (χ0n) is 19.8. The lowest BCUT2D eigenvalue weighted by atomic mass is 9.96. The molecule has 9 nitrogen and oxygen atoms in total. The monoisotopic (exact) mass is 503 g/mol. The van der Waals surface area contributed by atoms with Gasteiger partial charge in [0.15, 0.2) is 0 Å². The maximum Gasteiger partial charge on any atom is 0.423 e. The number of halogens is 3. The molecule has 0 spiro atoms. The molecule has 36 heavy (non-hydrogen) atoms. The number of hydrogen-bond acceptors (Lipinski definition) is 7. The lowest BCUT2D eigenvalue weighted by molar-refractivity contribution is -0.269. The highest BCUT2D eigenvalue weighted by atomic mass is 19.4. The zero-order chi connectivity index (χ0) is 26.1. The highest BCUT2D eigenvalue weighted by molar-refractivity contribution is 6.02. The molecule has 0 saturated heterocycles. The van der Waals surface area contributed by atoms with Crippen LogP contribution in [-0.2, 0) is 16.9 Å². The average Bonchev–Trinajstić information content (AvgIpc) is 3.48. The zero-order valence-corrected chi connectivity index (χ0v) is 19.8. The summed E-state index contributed by atoms with van der Waals surface area (Å²) in [5.41, 5.74) is -0.634. The van der Waals surface area contributed by atoms with Gasteiger partial charge in [0.25, 0.3) is 0 Å². The Kier molecular flexibility index (Phi) is 6.72. The Bertz CT molecular complexity index is 1380. The first kappa shape index (κ1) is 25.2. The summed E-state index contributed by atoms with van der Waals surface area (Å²) in [7, 11) is 1.51. The molecule has 12 heteroatoms. The molecule has 4 aromatic rings. The minimum Gasteiger partial charge on any atom is -0.481 e. The highest BCUT2D eigenvalue weighted by Crippen LogP contribution is 2.40. The summed E-state index contributed by atoms with van der Waals surface area (Å²) in [5, 5.41) is 17.4. The molecule has 0 fully saturated rings. The lowest BCUT2D eigenvalue weighted by Gasteiger charge is -2.26. The minimum atomic E-state index is -4.89. The number of aromatic nitrogens is 5. The Morgan fingerprint density at radius 3 is 2.50 bits per heavy atom. The van der Waals surface area contributed by atoms with Crippen LogP contribution in [0.15, 0.2) is 49.1 Å². The van der Waals surface area contributed by atoms with E-state index in [1.54, 1.807) is 54.2 Å². The third-order valence-electron chi connectivity index (χ3n) is 5.85. The number of carbonyl (C=O) groups excluding carboxylic acids is 1. The van der Waals surface area contributed by atoms with Gasteiger partial charge < -0.3 is 19.0 Å². The van der Waals surface area contributed by atoms with E-state index in [0.717, 1.165) is 6.20 Å². The van der Waals surface area contributed by atoms with Crippen LogP contribution < -0.4 is 4.74 Å². The molecule has 0 aliphatic carbocycles. The fraction of sp³-hybridized carbons (Fsp3) is 0.333. The number of rotatable bonds is 8. The van der Waals surface area contributed by atoms with Crippen LogP contribution in [0, 0.1) is 0 Å². The highest BCUT2D eigenvalue weighted by Gasteiger charge is 2.55. The van der Waals surface area contributed by atoms with Gasteiger partial charge in [-0.05, 0) is 31.0 Å². The minimum absolute atomic E-state index is 0.0902. The van der Waals surface area contributed by atoms with Crippen molar-refractivity contribution in [3.63, 3.8) is 0 Å². The summed E-state index contributed by atoms with van der Waals surface area (Å²) in [6.07, 6.45) is 0.553. The molecule has 1 N–H and O–H groups in total. The number of alkyl halides is 3. The van der Waals surface area contributed by atoms with Crippen molar-refractivity contribution in [3.05, 3.63) is 65.9 Å². The Balaban J connectivity index is 1.71. The summed E-state index contributed by atoms with van der Waals surface area (Å²) >= 11 is 0. The number of nitrogens with zero attached hydrogens (tertiary/aromatic N) is 5. The molecular weight excluding hydrogens is 479 g/mol. The standard InChI is InChI=1S/C24H24F3N5O4/c1-4-23(34,24(25,26)27)19-14-32(30-29-19)12-15-6-8-18-21(16-7-9-20(35-3)28-10-16)17(13-31(18)11-15)22(33)36-5-2/h6-11,13-14,34H,4-5,12H2,1-3H3. The summed E-state index contributed by atoms with van der Waals surface area (Å²) in [6, 6.07) is 7.02. The smallest absolute Gasteiger partial charge is 0.423 e. The molecule has 0 aliphatic rings. The topological polar surface area (TPSA) is 104 Å². The molecule has 4 rings (SSSR count). The number of aliphatic hydroxyl groups is 1. The van der Waals surface area contributed by atoms with Gasteiger partial charge in [0, 0.05) is 35.8 Å². The predicted octanol–water partition coefficient (Wildman–Crippen LogP) is 3.99. The predicted molar refractivity (Wildman–Crippen MR) is 123 cm³/mol. The molecule has 0 aliphatic heterocycles. The van der Waals surface area contributed by atoms with Gasteiger partial charge in [0.2, 0.25) is 11.5 Å². The number of carbonyl (C=O) groups is 1. The van der Waals surface area contributed by atoms with E-state index in [9.17, 15) is 23.1 Å². The van der Waals surface area contributed by atoms with Crippen molar-refractivity contribution in [3.8, 4) is 17.0 Å². The van der Waals surface area contributed by atoms with Crippen molar-refractivity contribution in [2.75, 3.05) is 13.7 Å². The van der Waals surface area contributed by atoms with E-state index >= 15 is 0 Å². The molecule has 0 radical (unpaired) electrons. The number of esters is 1. The second-order valence-corrected chi connectivity index (χ2v) is 8.07. The van der Waals surface area contributed by atoms with Crippen molar-refractivity contribution >= 4 is 11.5 Å². The Morgan fingerprint density at radius 2 is 1.89 bits per heavy atom. The lowest BCUT2D eigenvalue weighted by Crippen LogP contribution is -2.42. The molecule has 1 atom stereocenters. The van der Waals surface area contributed by atoms with E-state index < -0.39 is 29.9 Å². The van der Waals surface area contributed by atoms with Crippen molar-refractivity contribution < 1.29 is 32.5 Å². The number of hydrogen-bond donors (Lipinski definition) is 1. The van der Waals surface area contributed by atoms with E-state index in [1.165, 1.54) is 18.7 Å². The van der Waals surface area contributed by atoms with Gasteiger partial charge in [0.05, 0.1) is 37.5 Å². The van der Waals surface area contributed by atoms with Crippen LogP contribution in [-0.4, -0.2) is 55.3 Å². The van der Waals surface area contributed by atoms with E-state index in [2.05, 4.69) is 15.3 Å². The van der Waals surface area contributed by atoms with E-state index in [-0.39, 0.29) is 13.2 Å². The number of ether oxygens (including phenoxy) is 2.